The highest BCUT2D eigenvalue weighted by atomic mass is 32.2. The fourth-order valence-electron chi connectivity index (χ4n) is 1.60. The third kappa shape index (κ3) is 5.87. The lowest BCUT2D eigenvalue weighted by molar-refractivity contribution is -0.121. The van der Waals surface area contributed by atoms with Crippen molar-refractivity contribution in [3.63, 3.8) is 0 Å². The van der Waals surface area contributed by atoms with E-state index in [0.29, 0.717) is 19.4 Å². The zero-order valence-electron chi connectivity index (χ0n) is 11.1. The van der Waals surface area contributed by atoms with Crippen LogP contribution in [0, 0.1) is 12.3 Å². The van der Waals surface area contributed by atoms with Gasteiger partial charge in [-0.05, 0) is 30.5 Å². The van der Waals surface area contributed by atoms with Crippen LogP contribution in [0.1, 0.15) is 31.2 Å². The van der Waals surface area contributed by atoms with Crippen molar-refractivity contribution in [1.29, 1.82) is 0 Å². The molecule has 0 saturated carbocycles. The van der Waals surface area contributed by atoms with Crippen molar-refractivity contribution in [3.05, 3.63) is 29.8 Å². The van der Waals surface area contributed by atoms with Crippen molar-refractivity contribution in [2.24, 2.45) is 5.14 Å². The number of unbranched alkanes of at least 4 members (excludes halogenated alkanes) is 2. The zero-order valence-corrected chi connectivity index (χ0v) is 11.9. The van der Waals surface area contributed by atoms with Crippen LogP contribution in [0.4, 0.5) is 0 Å². The molecule has 0 aliphatic rings. The second-order valence-corrected chi connectivity index (χ2v) is 5.94. The summed E-state index contributed by atoms with van der Waals surface area (Å²) in [6.45, 7) is 0.360. The van der Waals surface area contributed by atoms with Crippen LogP contribution in [0.3, 0.4) is 0 Å². The van der Waals surface area contributed by atoms with Crippen LogP contribution in [-0.4, -0.2) is 14.3 Å². The van der Waals surface area contributed by atoms with E-state index in [4.69, 9.17) is 11.6 Å². The molecule has 1 aromatic rings. The van der Waals surface area contributed by atoms with Gasteiger partial charge < -0.3 is 5.32 Å². The molecule has 5 nitrogen and oxygen atoms in total. The minimum absolute atomic E-state index is 0.0439. The molecule has 1 amide bonds. The Bertz CT molecular complexity index is 586. The fraction of sp³-hybridized carbons (Fsp3) is 0.357. The summed E-state index contributed by atoms with van der Waals surface area (Å²) in [7, 11) is -3.67. The van der Waals surface area contributed by atoms with Gasteiger partial charge in [0.15, 0.2) is 0 Å². The van der Waals surface area contributed by atoms with E-state index in [9.17, 15) is 13.2 Å². The van der Waals surface area contributed by atoms with E-state index >= 15 is 0 Å². The van der Waals surface area contributed by atoms with Gasteiger partial charge in [-0.3, -0.25) is 4.79 Å². The Morgan fingerprint density at radius 3 is 2.45 bits per heavy atom. The van der Waals surface area contributed by atoms with Crippen molar-refractivity contribution in [3.8, 4) is 12.3 Å². The second-order valence-electron chi connectivity index (χ2n) is 4.38. The summed E-state index contributed by atoms with van der Waals surface area (Å²) in [4.78, 5) is 11.6. The van der Waals surface area contributed by atoms with Gasteiger partial charge in [-0.15, -0.1) is 12.3 Å². The van der Waals surface area contributed by atoms with E-state index in [1.54, 1.807) is 12.1 Å². The quantitative estimate of drug-likeness (QED) is 0.584. The summed E-state index contributed by atoms with van der Waals surface area (Å²) in [5.41, 5.74) is 0.814. The first-order chi connectivity index (χ1) is 9.43. The number of rotatable bonds is 7. The van der Waals surface area contributed by atoms with Crippen LogP contribution < -0.4 is 10.5 Å². The molecular formula is C14H18N2O3S. The van der Waals surface area contributed by atoms with Gasteiger partial charge in [0.2, 0.25) is 15.9 Å². The monoisotopic (exact) mass is 294 g/mol. The molecule has 0 aliphatic carbocycles. The third-order valence-corrected chi connectivity index (χ3v) is 3.65. The molecule has 0 fully saturated rings. The molecule has 0 unspecified atom stereocenters. The number of nitrogens with one attached hydrogen (secondary N) is 1. The van der Waals surface area contributed by atoms with E-state index in [2.05, 4.69) is 11.2 Å². The molecule has 0 atom stereocenters. The zero-order chi connectivity index (χ0) is 15.0. The van der Waals surface area contributed by atoms with E-state index in [0.717, 1.165) is 18.4 Å². The normalized spacial score (nSPS) is 10.8. The van der Waals surface area contributed by atoms with Crippen molar-refractivity contribution in [2.45, 2.75) is 37.1 Å². The first kappa shape index (κ1) is 16.2. The maximum Gasteiger partial charge on any atom is 0.238 e. The molecule has 3 N–H and O–H groups in total. The van der Waals surface area contributed by atoms with E-state index < -0.39 is 10.0 Å². The molecular weight excluding hydrogens is 276 g/mol. The topological polar surface area (TPSA) is 89.3 Å². The Morgan fingerprint density at radius 1 is 1.25 bits per heavy atom. The molecule has 1 rings (SSSR count). The molecule has 108 valence electrons. The van der Waals surface area contributed by atoms with Gasteiger partial charge in [-0.1, -0.05) is 12.1 Å². The number of carbonyl (C=O) groups is 1. The Labute approximate surface area is 119 Å². The van der Waals surface area contributed by atoms with Crippen LogP contribution in [0.25, 0.3) is 0 Å². The number of sulfonamides is 1. The highest BCUT2D eigenvalue weighted by Gasteiger charge is 2.07. The summed E-state index contributed by atoms with van der Waals surface area (Å²) in [5, 5.41) is 7.76. The van der Waals surface area contributed by atoms with Crippen LogP contribution in [0.5, 0.6) is 0 Å². The van der Waals surface area contributed by atoms with Crippen molar-refractivity contribution < 1.29 is 13.2 Å². The Balaban J connectivity index is 2.39. The van der Waals surface area contributed by atoms with Gasteiger partial charge in [0, 0.05) is 19.4 Å². The predicted octanol–water partition coefficient (Wildman–Crippen LogP) is 1.14. The molecule has 20 heavy (non-hydrogen) atoms. The molecule has 0 spiro atoms. The van der Waals surface area contributed by atoms with Gasteiger partial charge in [-0.25, -0.2) is 13.6 Å². The van der Waals surface area contributed by atoms with Gasteiger partial charge in [-0.2, -0.15) is 0 Å². The van der Waals surface area contributed by atoms with Gasteiger partial charge >= 0.3 is 0 Å². The maximum atomic E-state index is 11.5. The third-order valence-electron chi connectivity index (χ3n) is 2.72. The highest BCUT2D eigenvalue weighted by molar-refractivity contribution is 7.89. The average molecular weight is 294 g/mol. The molecule has 0 aliphatic heterocycles. The lowest BCUT2D eigenvalue weighted by Gasteiger charge is -2.06. The number of benzene rings is 1. The van der Waals surface area contributed by atoms with Crippen LogP contribution in [0.2, 0.25) is 0 Å². The predicted molar refractivity (Wildman–Crippen MR) is 77.0 cm³/mol. The van der Waals surface area contributed by atoms with E-state index in [1.807, 2.05) is 0 Å². The van der Waals surface area contributed by atoms with Crippen LogP contribution in [0.15, 0.2) is 29.2 Å². The van der Waals surface area contributed by atoms with Crippen molar-refractivity contribution in [1.82, 2.24) is 5.32 Å². The summed E-state index contributed by atoms with van der Waals surface area (Å²) in [6, 6.07) is 6.09. The number of primary sulfonamides is 1. The smallest absolute Gasteiger partial charge is 0.238 e. The van der Waals surface area contributed by atoms with E-state index in [1.165, 1.54) is 12.1 Å². The fourth-order valence-corrected chi connectivity index (χ4v) is 2.11. The minimum atomic E-state index is -3.67. The standard InChI is InChI=1S/C14H18N2O3S/c1-2-3-4-5-6-14(17)16-11-12-7-9-13(10-8-12)20(15,18)19/h1,7-10H,3-6,11H2,(H,16,17)(H2,15,18,19). The van der Waals surface area contributed by atoms with Crippen LogP contribution >= 0.6 is 0 Å². The molecule has 6 heteroatoms. The lowest BCUT2D eigenvalue weighted by atomic mass is 10.2. The van der Waals surface area contributed by atoms with E-state index in [-0.39, 0.29) is 10.8 Å². The number of terminal acetylenes is 1. The van der Waals surface area contributed by atoms with Gasteiger partial charge in [0.25, 0.3) is 0 Å². The Kier molecular flexibility index (Phi) is 6.22. The van der Waals surface area contributed by atoms with Gasteiger partial charge in [0.1, 0.15) is 0 Å². The first-order valence-corrected chi connectivity index (χ1v) is 7.80. The maximum absolute atomic E-state index is 11.5. The largest absolute Gasteiger partial charge is 0.352 e. The molecule has 0 heterocycles. The number of amides is 1. The lowest BCUT2D eigenvalue weighted by Crippen LogP contribution is -2.22. The highest BCUT2D eigenvalue weighted by Crippen LogP contribution is 2.08. The van der Waals surface area contributed by atoms with Crippen molar-refractivity contribution in [2.75, 3.05) is 0 Å². The second kappa shape index (κ2) is 7.68. The number of hydrogen-bond acceptors (Lipinski definition) is 3. The number of nitrogens with two attached hydrogens (primary N) is 1. The minimum Gasteiger partial charge on any atom is -0.352 e. The molecule has 0 radical (unpaired) electrons. The average Bonchev–Trinajstić information content (AvgIpc) is 2.41. The molecule has 1 aromatic carbocycles. The number of carbonyl (C=O) groups excluding carboxylic acids is 1. The summed E-state index contributed by atoms with van der Waals surface area (Å²) in [5.74, 6) is 2.48. The summed E-state index contributed by atoms with van der Waals surface area (Å²) in [6.07, 6.45) is 7.85. The SMILES string of the molecule is C#CCCCCC(=O)NCc1ccc(S(N)(=O)=O)cc1. The summed E-state index contributed by atoms with van der Waals surface area (Å²) < 4.78 is 22.2. The summed E-state index contributed by atoms with van der Waals surface area (Å²) >= 11 is 0. The molecule has 0 saturated heterocycles. The number of hydrogen-bond donors (Lipinski definition) is 2. The van der Waals surface area contributed by atoms with Gasteiger partial charge in [0.05, 0.1) is 4.90 Å². The van der Waals surface area contributed by atoms with Crippen LogP contribution in [-0.2, 0) is 21.4 Å². The Hall–Kier alpha value is -1.84. The molecule has 0 bridgehead atoms. The first-order valence-electron chi connectivity index (χ1n) is 6.25. The van der Waals surface area contributed by atoms with Crippen molar-refractivity contribution >= 4 is 15.9 Å². The molecule has 0 aromatic heterocycles. The Morgan fingerprint density at radius 2 is 1.90 bits per heavy atom.